The smallest absolute Gasteiger partial charge is 0.870 e. The van der Waals surface area contributed by atoms with E-state index in [1.165, 1.54) is 24.3 Å². The third-order valence-corrected chi connectivity index (χ3v) is 1.19. The van der Waals surface area contributed by atoms with Crippen LogP contribution in [0.1, 0.15) is 12.0 Å². The van der Waals surface area contributed by atoms with Crippen LogP contribution in [0.15, 0.2) is 24.3 Å². The van der Waals surface area contributed by atoms with Gasteiger partial charge in [-0.05, 0) is 0 Å². The van der Waals surface area contributed by atoms with Crippen molar-refractivity contribution in [2.45, 2.75) is 6.43 Å². The Kier molecular flexibility index (Phi) is 6.46. The molecule has 1 rings (SSSR count). The molecule has 0 aliphatic heterocycles. The molecule has 0 amide bonds. The van der Waals surface area contributed by atoms with Crippen LogP contribution in [0.25, 0.3) is 0 Å². The summed E-state index contributed by atoms with van der Waals surface area (Å²) >= 11 is 0. The Labute approximate surface area is 70.2 Å². The third kappa shape index (κ3) is 3.45. The topological polar surface area (TPSA) is 60.0 Å². The summed E-state index contributed by atoms with van der Waals surface area (Å²) < 4.78 is 23.7. The van der Waals surface area contributed by atoms with Crippen molar-refractivity contribution >= 4 is 13.3 Å². The van der Waals surface area contributed by atoms with Gasteiger partial charge in [0.05, 0.1) is 0 Å². The van der Waals surface area contributed by atoms with Gasteiger partial charge in [-0.25, -0.2) is 0 Å². The fraction of sp³-hybridized carbons (Fsp3) is 0.143. The Morgan fingerprint density at radius 3 is 1.75 bits per heavy atom. The van der Waals surface area contributed by atoms with Crippen molar-refractivity contribution in [3.63, 3.8) is 0 Å². The maximum atomic E-state index is 11.9. The zero-order chi connectivity index (χ0) is 7.56. The van der Waals surface area contributed by atoms with E-state index in [0.717, 1.165) is 0 Å². The largest absolute Gasteiger partial charge is 0.870 e. The predicted molar refractivity (Wildman–Crippen MR) is 40.7 cm³/mol. The van der Waals surface area contributed by atoms with Crippen molar-refractivity contribution in [2.24, 2.45) is 0 Å². The third-order valence-electron chi connectivity index (χ3n) is 1.19. The van der Waals surface area contributed by atoms with Gasteiger partial charge in [0, 0.05) is 0 Å². The van der Waals surface area contributed by atoms with Crippen molar-refractivity contribution in [1.29, 1.82) is 0 Å². The number of rotatable bonds is 1. The fourth-order valence-electron chi connectivity index (χ4n) is 0.641. The van der Waals surface area contributed by atoms with Gasteiger partial charge >= 0.3 is 58.3 Å². The first-order valence-electron chi connectivity index (χ1n) is 2.84. The van der Waals surface area contributed by atoms with Gasteiger partial charge in [0.25, 0.3) is 0 Å². The molecule has 1 aromatic carbocycles. The normalized spacial score (nSPS) is 8.75. The molecule has 0 saturated carbocycles. The summed E-state index contributed by atoms with van der Waals surface area (Å²) in [7, 11) is 5.28. The van der Waals surface area contributed by atoms with Gasteiger partial charge in [0.1, 0.15) is 0 Å². The molecule has 0 bridgehead atoms. The molecular formula is C7H7BF2O2. The van der Waals surface area contributed by atoms with E-state index in [-0.39, 0.29) is 16.5 Å². The van der Waals surface area contributed by atoms with E-state index in [2.05, 4.69) is 0 Å². The summed E-state index contributed by atoms with van der Waals surface area (Å²) in [6.07, 6.45) is -2.40. The van der Waals surface area contributed by atoms with Crippen LogP contribution in [-0.4, -0.2) is 18.8 Å². The molecular weight excluding hydrogens is 165 g/mol. The molecule has 0 radical (unpaired) electrons. The Morgan fingerprint density at radius 2 is 1.42 bits per heavy atom. The van der Waals surface area contributed by atoms with Crippen molar-refractivity contribution in [3.05, 3.63) is 29.8 Å². The molecule has 0 spiro atoms. The molecule has 0 atom stereocenters. The summed E-state index contributed by atoms with van der Waals surface area (Å²) in [5.41, 5.74) is 0.513. The van der Waals surface area contributed by atoms with Crippen LogP contribution in [0.2, 0.25) is 0 Å². The van der Waals surface area contributed by atoms with Gasteiger partial charge in [0.2, 0.25) is 0 Å². The summed E-state index contributed by atoms with van der Waals surface area (Å²) in [5.74, 6) is 0. The van der Waals surface area contributed by atoms with Gasteiger partial charge in [-0.1, -0.05) is 0 Å². The number of hydrogen-bond donors (Lipinski definition) is 0. The van der Waals surface area contributed by atoms with Crippen LogP contribution in [-0.2, 0) is 0 Å². The molecule has 0 aliphatic rings. The number of alkyl halides is 2. The number of benzene rings is 1. The van der Waals surface area contributed by atoms with Gasteiger partial charge in [0.15, 0.2) is 0 Å². The summed E-state index contributed by atoms with van der Waals surface area (Å²) in [5, 5.41) is 0. The van der Waals surface area contributed by atoms with E-state index >= 15 is 0 Å². The number of hydrogen-bond acceptors (Lipinski definition) is 2. The first-order chi connectivity index (χ1) is 4.70. The van der Waals surface area contributed by atoms with E-state index in [1.807, 2.05) is 0 Å². The predicted octanol–water partition coefficient (Wildman–Crippen LogP) is 1.06. The van der Waals surface area contributed by atoms with Crippen LogP contribution in [0.3, 0.4) is 0 Å². The van der Waals surface area contributed by atoms with Gasteiger partial charge < -0.3 is 11.0 Å². The van der Waals surface area contributed by atoms with Crippen LogP contribution in [0.5, 0.6) is 0 Å². The fourth-order valence-corrected chi connectivity index (χ4v) is 0.641. The van der Waals surface area contributed by atoms with Gasteiger partial charge in [-0.2, -0.15) is 0 Å². The molecule has 5 heteroatoms. The maximum Gasteiger partial charge on any atom is -0.870 e. The van der Waals surface area contributed by atoms with Crippen LogP contribution in [0.4, 0.5) is 8.78 Å². The van der Waals surface area contributed by atoms with Crippen LogP contribution >= 0.6 is 0 Å². The molecule has 0 aromatic heterocycles. The molecule has 1 aromatic rings. The van der Waals surface area contributed by atoms with Crippen molar-refractivity contribution in [2.75, 3.05) is 0 Å². The molecule has 0 heterocycles. The van der Waals surface area contributed by atoms with E-state index in [0.29, 0.717) is 5.46 Å². The van der Waals surface area contributed by atoms with E-state index in [9.17, 15) is 8.78 Å². The minimum absolute atomic E-state index is 0. The Morgan fingerprint density at radius 1 is 1.00 bits per heavy atom. The molecule has 64 valence electrons. The Hall–Kier alpha value is -0.935. The minimum Gasteiger partial charge on any atom is -0.870 e. The molecule has 0 unspecified atom stereocenters. The first-order valence-corrected chi connectivity index (χ1v) is 2.84. The standard InChI is InChI=1S/C7H5BF2.2H2O/c8-6-3-1-5(2-4-6)7(9)10;;/h1-4,7H;2*1H2/q+2;;/p-2. The van der Waals surface area contributed by atoms with Crippen molar-refractivity contribution in [1.82, 2.24) is 0 Å². The zero-order valence-corrected chi connectivity index (χ0v) is 6.11. The second-order valence-electron chi connectivity index (χ2n) is 1.97. The van der Waals surface area contributed by atoms with E-state index in [1.54, 1.807) is 0 Å². The van der Waals surface area contributed by atoms with Gasteiger partial charge in [-0.15, -0.1) is 0 Å². The van der Waals surface area contributed by atoms with Crippen LogP contribution in [0, 0.1) is 0 Å². The first kappa shape index (κ1) is 13.6. The zero-order valence-electron chi connectivity index (χ0n) is 6.11. The van der Waals surface area contributed by atoms with Gasteiger partial charge in [-0.3, -0.25) is 0 Å². The van der Waals surface area contributed by atoms with Crippen LogP contribution < -0.4 is 5.46 Å². The minimum atomic E-state index is -2.40. The second kappa shape index (κ2) is 5.68. The Balaban J connectivity index is 0. The molecule has 0 fully saturated rings. The summed E-state index contributed by atoms with van der Waals surface area (Å²) in [6, 6.07) is 5.56. The molecule has 12 heavy (non-hydrogen) atoms. The molecule has 0 aliphatic carbocycles. The summed E-state index contributed by atoms with van der Waals surface area (Å²) in [6.45, 7) is 0. The average Bonchev–Trinajstić information content (AvgIpc) is 1.88. The molecule has 2 nitrogen and oxygen atoms in total. The van der Waals surface area contributed by atoms with E-state index < -0.39 is 6.43 Å². The van der Waals surface area contributed by atoms with E-state index in [4.69, 9.17) is 7.85 Å². The second-order valence-corrected chi connectivity index (χ2v) is 1.97. The molecule has 2 N–H and O–H groups in total. The maximum absolute atomic E-state index is 11.9. The van der Waals surface area contributed by atoms with Crippen molar-refractivity contribution < 1.29 is 19.7 Å². The number of halogens is 2. The average molecular weight is 172 g/mol. The van der Waals surface area contributed by atoms with Crippen molar-refractivity contribution in [3.8, 4) is 0 Å². The Bertz CT molecular complexity index is 213. The quantitative estimate of drug-likeness (QED) is 0.594. The monoisotopic (exact) mass is 172 g/mol. The summed E-state index contributed by atoms with van der Waals surface area (Å²) in [4.78, 5) is 0. The SMILES string of the molecule is [B+2]c1ccc(C(F)F)cc1.[OH-].[OH-]. The molecule has 0 saturated heterocycles.